The molecule has 268 valence electrons. The molecule has 0 fully saturated rings. The van der Waals surface area contributed by atoms with Crippen LogP contribution in [-0.2, 0) is 0 Å². The fourth-order valence-corrected chi connectivity index (χ4v) is 8.59. The third-order valence-electron chi connectivity index (χ3n) is 11.4. The summed E-state index contributed by atoms with van der Waals surface area (Å²) in [4.78, 5) is 5.25. The molecule has 0 bridgehead atoms. The van der Waals surface area contributed by atoms with E-state index in [1.807, 2.05) is 0 Å². The molecule has 11 aromatic rings. The van der Waals surface area contributed by atoms with Gasteiger partial charge in [0.1, 0.15) is 0 Å². The standard InChI is InChI=1S/C54H37N3/c1-36-23-27-43(28-24-36)56-51-21-10-8-19-45(51)47-29-25-40(35-54(47)56)39-26-30-53-48(32-39)46-20-9-11-22-52(46)57(53)44-18-12-17-41(31-44)50-34-42(37-13-4-2-5-14-37)33-49(55-50)38-15-6-3-7-16-38/h2-35H,1H3. The van der Waals surface area contributed by atoms with Crippen LogP contribution in [0.5, 0.6) is 0 Å². The Bertz CT molecular complexity index is 3220. The molecule has 57 heavy (non-hydrogen) atoms. The van der Waals surface area contributed by atoms with E-state index in [0.717, 1.165) is 33.8 Å². The molecule has 0 N–H and O–H groups in total. The molecular formula is C54H37N3. The van der Waals surface area contributed by atoms with E-state index in [4.69, 9.17) is 4.98 Å². The van der Waals surface area contributed by atoms with E-state index in [9.17, 15) is 0 Å². The molecule has 0 spiro atoms. The predicted molar refractivity (Wildman–Crippen MR) is 239 cm³/mol. The first-order chi connectivity index (χ1) is 28.2. The summed E-state index contributed by atoms with van der Waals surface area (Å²) in [7, 11) is 0. The average molecular weight is 728 g/mol. The number of fused-ring (bicyclic) bond motifs is 6. The zero-order valence-electron chi connectivity index (χ0n) is 31.5. The molecular weight excluding hydrogens is 691 g/mol. The normalized spacial score (nSPS) is 11.6. The molecule has 0 amide bonds. The molecule has 0 aliphatic rings. The van der Waals surface area contributed by atoms with Crippen molar-refractivity contribution in [2.45, 2.75) is 6.92 Å². The quantitative estimate of drug-likeness (QED) is 0.167. The lowest BCUT2D eigenvalue weighted by molar-refractivity contribution is 1.17. The van der Waals surface area contributed by atoms with Crippen LogP contribution in [0.3, 0.4) is 0 Å². The summed E-state index contributed by atoms with van der Waals surface area (Å²) >= 11 is 0. The van der Waals surface area contributed by atoms with Crippen molar-refractivity contribution in [2.24, 2.45) is 0 Å². The van der Waals surface area contributed by atoms with Gasteiger partial charge in [0.15, 0.2) is 0 Å². The summed E-state index contributed by atoms with van der Waals surface area (Å²) in [5, 5.41) is 4.97. The van der Waals surface area contributed by atoms with E-state index in [1.54, 1.807) is 0 Å². The van der Waals surface area contributed by atoms with Crippen molar-refractivity contribution in [3.63, 3.8) is 0 Å². The van der Waals surface area contributed by atoms with Crippen molar-refractivity contribution < 1.29 is 0 Å². The zero-order chi connectivity index (χ0) is 37.9. The summed E-state index contributed by atoms with van der Waals surface area (Å²) in [5.74, 6) is 0. The highest BCUT2D eigenvalue weighted by atomic mass is 15.0. The van der Waals surface area contributed by atoms with E-state index >= 15 is 0 Å². The van der Waals surface area contributed by atoms with E-state index in [-0.39, 0.29) is 0 Å². The van der Waals surface area contributed by atoms with Gasteiger partial charge in [0.2, 0.25) is 0 Å². The SMILES string of the molecule is Cc1ccc(-n2c3ccccc3c3ccc(-c4ccc5c(c4)c4ccccc4n5-c4cccc(-c5cc(-c6ccccc6)cc(-c6ccccc6)n5)c4)cc32)cc1. The van der Waals surface area contributed by atoms with E-state index in [0.29, 0.717) is 0 Å². The number of aromatic nitrogens is 3. The lowest BCUT2D eigenvalue weighted by Crippen LogP contribution is -1.96. The molecule has 3 aromatic heterocycles. The Morgan fingerprint density at radius 1 is 0.298 bits per heavy atom. The summed E-state index contributed by atoms with van der Waals surface area (Å²) in [5.41, 5.74) is 17.1. The fraction of sp³-hybridized carbons (Fsp3) is 0.0185. The van der Waals surface area contributed by atoms with Gasteiger partial charge in [-0.2, -0.15) is 0 Å². The summed E-state index contributed by atoms with van der Waals surface area (Å²) in [6.45, 7) is 2.14. The van der Waals surface area contributed by atoms with Crippen LogP contribution >= 0.6 is 0 Å². The molecule has 0 saturated heterocycles. The first-order valence-electron chi connectivity index (χ1n) is 19.5. The van der Waals surface area contributed by atoms with Crippen molar-refractivity contribution in [3.8, 4) is 56.1 Å². The Hall–Kier alpha value is -7.49. The van der Waals surface area contributed by atoms with E-state index < -0.39 is 0 Å². The molecule has 0 aliphatic heterocycles. The van der Waals surface area contributed by atoms with Gasteiger partial charge in [-0.25, -0.2) is 4.98 Å². The topological polar surface area (TPSA) is 22.8 Å². The number of hydrogen-bond donors (Lipinski definition) is 0. The molecule has 0 saturated carbocycles. The first kappa shape index (κ1) is 32.9. The maximum Gasteiger partial charge on any atom is 0.0716 e. The lowest BCUT2D eigenvalue weighted by atomic mass is 10.00. The first-order valence-corrected chi connectivity index (χ1v) is 19.5. The summed E-state index contributed by atoms with van der Waals surface area (Å²) in [6.07, 6.45) is 0. The Labute approximate surface area is 331 Å². The summed E-state index contributed by atoms with van der Waals surface area (Å²) in [6, 6.07) is 74.5. The minimum absolute atomic E-state index is 0.943. The average Bonchev–Trinajstić information content (AvgIpc) is 3.79. The predicted octanol–water partition coefficient (Wildman–Crippen LogP) is 14.3. The Morgan fingerprint density at radius 2 is 0.842 bits per heavy atom. The van der Waals surface area contributed by atoms with Crippen LogP contribution in [0.2, 0.25) is 0 Å². The van der Waals surface area contributed by atoms with Crippen LogP contribution in [0.15, 0.2) is 206 Å². The van der Waals surface area contributed by atoms with Crippen molar-refractivity contribution in [2.75, 3.05) is 0 Å². The molecule has 0 aliphatic carbocycles. The van der Waals surface area contributed by atoms with Crippen molar-refractivity contribution >= 4 is 43.6 Å². The maximum atomic E-state index is 5.25. The Balaban J connectivity index is 1.05. The van der Waals surface area contributed by atoms with Gasteiger partial charge in [-0.05, 0) is 95.9 Å². The van der Waals surface area contributed by atoms with Gasteiger partial charge in [-0.15, -0.1) is 0 Å². The molecule has 0 radical (unpaired) electrons. The van der Waals surface area contributed by atoms with Gasteiger partial charge in [0, 0.05) is 44.0 Å². The zero-order valence-corrected chi connectivity index (χ0v) is 31.5. The van der Waals surface area contributed by atoms with Crippen LogP contribution in [0.1, 0.15) is 5.56 Å². The van der Waals surface area contributed by atoms with Gasteiger partial charge in [-0.3, -0.25) is 0 Å². The minimum atomic E-state index is 0.943. The monoisotopic (exact) mass is 727 g/mol. The highest BCUT2D eigenvalue weighted by molar-refractivity contribution is 6.12. The number of rotatable bonds is 6. The molecule has 0 unspecified atom stereocenters. The molecule has 8 aromatic carbocycles. The minimum Gasteiger partial charge on any atom is -0.309 e. The second kappa shape index (κ2) is 13.4. The van der Waals surface area contributed by atoms with Gasteiger partial charge in [0.05, 0.1) is 33.5 Å². The van der Waals surface area contributed by atoms with Gasteiger partial charge in [-0.1, -0.05) is 145 Å². The second-order valence-corrected chi connectivity index (χ2v) is 14.9. The third-order valence-corrected chi connectivity index (χ3v) is 11.4. The lowest BCUT2D eigenvalue weighted by Gasteiger charge is -2.13. The number of nitrogens with zero attached hydrogens (tertiary/aromatic N) is 3. The van der Waals surface area contributed by atoms with Gasteiger partial charge >= 0.3 is 0 Å². The van der Waals surface area contributed by atoms with Crippen LogP contribution < -0.4 is 0 Å². The smallest absolute Gasteiger partial charge is 0.0716 e. The van der Waals surface area contributed by atoms with Crippen molar-refractivity contribution in [1.82, 2.24) is 14.1 Å². The van der Waals surface area contributed by atoms with Crippen LogP contribution in [-0.4, -0.2) is 14.1 Å². The Kier molecular flexibility index (Phi) is 7.71. The maximum absolute atomic E-state index is 5.25. The molecule has 0 atom stereocenters. The second-order valence-electron chi connectivity index (χ2n) is 14.9. The van der Waals surface area contributed by atoms with Crippen LogP contribution in [0, 0.1) is 6.92 Å². The van der Waals surface area contributed by atoms with Gasteiger partial charge in [0.25, 0.3) is 0 Å². The highest BCUT2D eigenvalue weighted by Crippen LogP contribution is 2.39. The molecule has 3 nitrogen and oxygen atoms in total. The fourth-order valence-electron chi connectivity index (χ4n) is 8.59. The van der Waals surface area contributed by atoms with Crippen LogP contribution in [0.25, 0.3) is 99.8 Å². The number of para-hydroxylation sites is 2. The number of benzene rings is 8. The molecule has 3 heterocycles. The highest BCUT2D eigenvalue weighted by Gasteiger charge is 2.17. The summed E-state index contributed by atoms with van der Waals surface area (Å²) < 4.78 is 4.80. The number of aryl methyl sites for hydroxylation is 1. The third kappa shape index (κ3) is 5.63. The number of pyridine rings is 1. The van der Waals surface area contributed by atoms with Gasteiger partial charge < -0.3 is 9.13 Å². The Morgan fingerprint density at radius 3 is 1.58 bits per heavy atom. The molecule has 3 heteroatoms. The number of hydrogen-bond acceptors (Lipinski definition) is 1. The van der Waals surface area contributed by atoms with Crippen molar-refractivity contribution in [3.05, 3.63) is 212 Å². The van der Waals surface area contributed by atoms with Crippen molar-refractivity contribution in [1.29, 1.82) is 0 Å². The van der Waals surface area contributed by atoms with E-state index in [2.05, 4.69) is 222 Å². The van der Waals surface area contributed by atoms with Crippen LogP contribution in [0.4, 0.5) is 0 Å². The van der Waals surface area contributed by atoms with E-state index in [1.165, 1.54) is 71.6 Å². The largest absolute Gasteiger partial charge is 0.309 e. The molecule has 11 rings (SSSR count).